The number of hydrogen-bond donors (Lipinski definition) is 1. The Labute approximate surface area is 119 Å². The summed E-state index contributed by atoms with van der Waals surface area (Å²) in [6, 6.07) is 8.42. The number of rotatable bonds is 3. The molecule has 0 aliphatic rings. The van der Waals surface area contributed by atoms with Gasteiger partial charge in [-0.25, -0.2) is 0 Å². The van der Waals surface area contributed by atoms with Crippen molar-refractivity contribution in [2.24, 2.45) is 5.10 Å². The first kappa shape index (κ1) is 13.1. The van der Waals surface area contributed by atoms with E-state index in [9.17, 15) is 0 Å². The lowest BCUT2D eigenvalue weighted by Crippen LogP contribution is -1.95. The summed E-state index contributed by atoms with van der Waals surface area (Å²) in [4.78, 5) is 0. The summed E-state index contributed by atoms with van der Waals surface area (Å²) in [6.07, 6.45) is 1.56. The molecule has 0 unspecified atom stereocenters. The lowest BCUT2D eigenvalue weighted by molar-refractivity contribution is 1.02. The van der Waals surface area contributed by atoms with Crippen molar-refractivity contribution in [2.75, 3.05) is 5.43 Å². The Morgan fingerprint density at radius 2 is 1.89 bits per heavy atom. The molecule has 4 nitrogen and oxygen atoms in total. The zero-order chi connectivity index (χ0) is 13.0. The number of aromatic nitrogens is 2. The third kappa shape index (κ3) is 3.57. The van der Waals surface area contributed by atoms with E-state index in [2.05, 4.69) is 20.7 Å². The SMILES string of the molecule is Clc1ccc(/C=N/Nc2ccc(Cl)nn2)c(Cl)c1. The van der Waals surface area contributed by atoms with Gasteiger partial charge in [-0.2, -0.15) is 5.10 Å². The van der Waals surface area contributed by atoms with Crippen LogP contribution in [0.2, 0.25) is 15.2 Å². The van der Waals surface area contributed by atoms with Crippen LogP contribution in [0.3, 0.4) is 0 Å². The molecule has 0 spiro atoms. The van der Waals surface area contributed by atoms with Crippen LogP contribution in [0.4, 0.5) is 5.82 Å². The minimum Gasteiger partial charge on any atom is -0.260 e. The Hall–Kier alpha value is -1.36. The van der Waals surface area contributed by atoms with Crippen molar-refractivity contribution in [2.45, 2.75) is 0 Å². The molecular formula is C11H7Cl3N4. The highest BCUT2D eigenvalue weighted by atomic mass is 35.5. The minimum absolute atomic E-state index is 0.324. The molecule has 92 valence electrons. The fraction of sp³-hybridized carbons (Fsp3) is 0. The van der Waals surface area contributed by atoms with E-state index in [0.29, 0.717) is 21.0 Å². The van der Waals surface area contributed by atoms with Gasteiger partial charge in [-0.3, -0.25) is 5.43 Å². The van der Waals surface area contributed by atoms with Crippen molar-refractivity contribution in [1.82, 2.24) is 10.2 Å². The number of hydrogen-bond acceptors (Lipinski definition) is 4. The summed E-state index contributed by atoms with van der Waals surface area (Å²) in [6.45, 7) is 0. The quantitative estimate of drug-likeness (QED) is 0.691. The van der Waals surface area contributed by atoms with Gasteiger partial charge in [0.2, 0.25) is 0 Å². The van der Waals surface area contributed by atoms with E-state index in [1.54, 1.807) is 36.5 Å². The van der Waals surface area contributed by atoms with Crippen molar-refractivity contribution in [3.8, 4) is 0 Å². The van der Waals surface area contributed by atoms with E-state index in [-0.39, 0.29) is 0 Å². The summed E-state index contributed by atoms with van der Waals surface area (Å²) in [5.41, 5.74) is 3.45. The van der Waals surface area contributed by atoms with Gasteiger partial charge in [-0.15, -0.1) is 10.2 Å². The largest absolute Gasteiger partial charge is 0.260 e. The van der Waals surface area contributed by atoms with Crippen molar-refractivity contribution < 1.29 is 0 Å². The Kier molecular flexibility index (Phi) is 4.36. The predicted octanol–water partition coefficient (Wildman–Crippen LogP) is 3.88. The molecule has 2 aromatic rings. The lowest BCUT2D eigenvalue weighted by atomic mass is 10.2. The van der Waals surface area contributed by atoms with Gasteiger partial charge in [0.15, 0.2) is 11.0 Å². The number of hydrazone groups is 1. The maximum absolute atomic E-state index is 5.98. The summed E-state index contributed by atoms with van der Waals surface area (Å²) in [5.74, 6) is 0.487. The van der Waals surface area contributed by atoms with E-state index >= 15 is 0 Å². The molecular weight excluding hydrogens is 295 g/mol. The molecule has 0 aliphatic carbocycles. The average molecular weight is 302 g/mol. The van der Waals surface area contributed by atoms with Crippen LogP contribution < -0.4 is 5.43 Å². The van der Waals surface area contributed by atoms with E-state index in [0.717, 1.165) is 5.56 Å². The van der Waals surface area contributed by atoms with E-state index in [1.165, 1.54) is 0 Å². The van der Waals surface area contributed by atoms with Gasteiger partial charge < -0.3 is 0 Å². The van der Waals surface area contributed by atoms with Crippen LogP contribution in [0.5, 0.6) is 0 Å². The zero-order valence-electron chi connectivity index (χ0n) is 8.94. The van der Waals surface area contributed by atoms with Gasteiger partial charge in [-0.05, 0) is 24.3 Å². The highest BCUT2D eigenvalue weighted by Gasteiger charge is 1.98. The fourth-order valence-corrected chi connectivity index (χ4v) is 1.71. The lowest BCUT2D eigenvalue weighted by Gasteiger charge is -1.99. The van der Waals surface area contributed by atoms with Crippen LogP contribution in [0, 0.1) is 0 Å². The monoisotopic (exact) mass is 300 g/mol. The highest BCUT2D eigenvalue weighted by Crippen LogP contribution is 2.19. The zero-order valence-corrected chi connectivity index (χ0v) is 11.2. The first-order valence-corrected chi connectivity index (χ1v) is 6.02. The minimum atomic E-state index is 0.324. The van der Waals surface area contributed by atoms with Gasteiger partial charge in [0, 0.05) is 10.6 Å². The summed E-state index contributed by atoms with van der Waals surface area (Å²) in [5, 5.41) is 12.9. The molecule has 2 rings (SSSR count). The molecule has 0 fully saturated rings. The van der Waals surface area contributed by atoms with Crippen LogP contribution in [-0.4, -0.2) is 16.4 Å². The van der Waals surface area contributed by atoms with Crippen LogP contribution in [0.1, 0.15) is 5.56 Å². The van der Waals surface area contributed by atoms with E-state index in [4.69, 9.17) is 34.8 Å². The average Bonchev–Trinajstić information content (AvgIpc) is 2.34. The molecule has 0 amide bonds. The molecule has 0 saturated heterocycles. The third-order valence-electron chi connectivity index (χ3n) is 1.98. The van der Waals surface area contributed by atoms with Gasteiger partial charge in [-0.1, -0.05) is 40.9 Å². The van der Waals surface area contributed by atoms with Crippen molar-refractivity contribution in [3.63, 3.8) is 0 Å². The van der Waals surface area contributed by atoms with Gasteiger partial charge >= 0.3 is 0 Å². The molecule has 0 radical (unpaired) electrons. The smallest absolute Gasteiger partial charge is 0.168 e. The first-order chi connectivity index (χ1) is 8.65. The van der Waals surface area contributed by atoms with E-state index in [1.807, 2.05) is 0 Å². The van der Waals surface area contributed by atoms with Crippen LogP contribution >= 0.6 is 34.8 Å². The molecule has 1 N–H and O–H groups in total. The topological polar surface area (TPSA) is 50.2 Å². The molecule has 18 heavy (non-hydrogen) atoms. The Morgan fingerprint density at radius 3 is 2.56 bits per heavy atom. The van der Waals surface area contributed by atoms with Crippen LogP contribution in [-0.2, 0) is 0 Å². The van der Waals surface area contributed by atoms with Crippen LogP contribution in [0.25, 0.3) is 0 Å². The second-order valence-corrected chi connectivity index (χ2v) is 4.51. The Balaban J connectivity index is 2.05. The van der Waals surface area contributed by atoms with Crippen molar-refractivity contribution in [1.29, 1.82) is 0 Å². The number of benzene rings is 1. The fourth-order valence-electron chi connectivity index (χ4n) is 1.15. The molecule has 0 saturated carbocycles. The van der Waals surface area contributed by atoms with Gasteiger partial charge in [0.1, 0.15) is 0 Å². The number of halogens is 3. The molecule has 0 bridgehead atoms. The molecule has 1 heterocycles. The van der Waals surface area contributed by atoms with Crippen LogP contribution in [0.15, 0.2) is 35.4 Å². The van der Waals surface area contributed by atoms with Crippen molar-refractivity contribution >= 4 is 46.8 Å². The second-order valence-electron chi connectivity index (χ2n) is 3.28. The Bertz CT molecular complexity index is 569. The standard InChI is InChI=1S/C11H7Cl3N4/c12-8-2-1-7(9(13)5-8)6-15-17-11-4-3-10(14)16-18-11/h1-6H,(H,17,18)/b15-6+. The number of nitrogens with zero attached hydrogens (tertiary/aromatic N) is 3. The molecule has 7 heteroatoms. The normalized spacial score (nSPS) is 10.8. The Morgan fingerprint density at radius 1 is 1.06 bits per heavy atom. The maximum Gasteiger partial charge on any atom is 0.168 e. The molecule has 0 atom stereocenters. The maximum atomic E-state index is 5.98. The number of anilines is 1. The van der Waals surface area contributed by atoms with E-state index < -0.39 is 0 Å². The molecule has 1 aromatic carbocycles. The summed E-state index contributed by atoms with van der Waals surface area (Å²) in [7, 11) is 0. The molecule has 1 aromatic heterocycles. The third-order valence-corrected chi connectivity index (χ3v) is 2.74. The summed E-state index contributed by atoms with van der Waals surface area (Å²) < 4.78 is 0. The van der Waals surface area contributed by atoms with Gasteiger partial charge in [0.25, 0.3) is 0 Å². The number of nitrogens with one attached hydrogen (secondary N) is 1. The van der Waals surface area contributed by atoms with Crippen molar-refractivity contribution in [3.05, 3.63) is 51.1 Å². The van der Waals surface area contributed by atoms with Gasteiger partial charge in [0.05, 0.1) is 11.2 Å². The highest BCUT2D eigenvalue weighted by molar-refractivity contribution is 6.36. The summed E-state index contributed by atoms with van der Waals surface area (Å²) >= 11 is 17.4. The first-order valence-electron chi connectivity index (χ1n) is 4.88. The predicted molar refractivity (Wildman–Crippen MR) is 74.7 cm³/mol. The second kappa shape index (κ2) is 6.00. The molecule has 0 aliphatic heterocycles.